The standard InChI is InChI=1S/C22H25N3O3S.ClH/c26-21(17-28-18-7-2-1-3-8-18)25(12-6-11-24-13-15-27-16-14-24)22-23-19-9-4-5-10-20(19)29-22;/h1-5,7-10H,6,11-17H2;1H. The molecule has 0 unspecified atom stereocenters. The van der Waals surface area contributed by atoms with Gasteiger partial charge in [0.15, 0.2) is 11.7 Å². The van der Waals surface area contributed by atoms with Crippen LogP contribution in [0.4, 0.5) is 5.13 Å². The molecule has 0 saturated carbocycles. The number of carbonyl (C=O) groups is 1. The number of para-hydroxylation sites is 2. The molecule has 8 heteroatoms. The van der Waals surface area contributed by atoms with E-state index in [-0.39, 0.29) is 24.9 Å². The van der Waals surface area contributed by atoms with Crippen LogP contribution in [0.1, 0.15) is 6.42 Å². The molecule has 4 rings (SSSR count). The summed E-state index contributed by atoms with van der Waals surface area (Å²) >= 11 is 1.55. The Hall–Kier alpha value is -2.19. The van der Waals surface area contributed by atoms with E-state index in [1.54, 1.807) is 16.2 Å². The van der Waals surface area contributed by atoms with E-state index in [4.69, 9.17) is 9.47 Å². The van der Waals surface area contributed by atoms with Crippen LogP contribution in [-0.4, -0.2) is 61.8 Å². The average molecular weight is 448 g/mol. The highest BCUT2D eigenvalue weighted by molar-refractivity contribution is 7.22. The van der Waals surface area contributed by atoms with Crippen molar-refractivity contribution in [3.63, 3.8) is 0 Å². The number of ether oxygens (including phenoxy) is 2. The van der Waals surface area contributed by atoms with Crippen LogP contribution in [0.3, 0.4) is 0 Å². The van der Waals surface area contributed by atoms with Gasteiger partial charge in [0, 0.05) is 26.2 Å². The first-order valence-corrected chi connectivity index (χ1v) is 10.7. The highest BCUT2D eigenvalue weighted by Gasteiger charge is 2.21. The molecule has 3 aromatic rings. The Kier molecular flexibility index (Phi) is 8.45. The fourth-order valence-electron chi connectivity index (χ4n) is 3.32. The zero-order valence-corrected chi connectivity index (χ0v) is 18.4. The van der Waals surface area contributed by atoms with Crippen molar-refractivity contribution in [1.29, 1.82) is 0 Å². The Labute approximate surface area is 186 Å². The quantitative estimate of drug-likeness (QED) is 0.525. The smallest absolute Gasteiger partial charge is 0.266 e. The SMILES string of the molecule is Cl.O=C(COc1ccccc1)N(CCCN1CCOCC1)c1nc2ccccc2s1. The van der Waals surface area contributed by atoms with Gasteiger partial charge in [-0.3, -0.25) is 14.6 Å². The number of anilines is 1. The molecule has 0 radical (unpaired) electrons. The number of hydrogen-bond donors (Lipinski definition) is 0. The zero-order chi connectivity index (χ0) is 19.9. The van der Waals surface area contributed by atoms with E-state index in [0.717, 1.165) is 54.6 Å². The van der Waals surface area contributed by atoms with Crippen LogP contribution in [0, 0.1) is 0 Å². The summed E-state index contributed by atoms with van der Waals surface area (Å²) in [5, 5.41) is 0.731. The van der Waals surface area contributed by atoms with E-state index in [2.05, 4.69) is 9.88 Å². The highest BCUT2D eigenvalue weighted by atomic mass is 35.5. The van der Waals surface area contributed by atoms with E-state index in [0.29, 0.717) is 12.3 Å². The predicted octanol–water partition coefficient (Wildman–Crippen LogP) is 3.85. The molecule has 6 nitrogen and oxygen atoms in total. The van der Waals surface area contributed by atoms with Gasteiger partial charge in [-0.1, -0.05) is 41.7 Å². The molecule has 1 amide bonds. The second-order valence-electron chi connectivity index (χ2n) is 6.92. The number of amides is 1. The number of aromatic nitrogens is 1. The Morgan fingerprint density at radius 3 is 2.60 bits per heavy atom. The largest absolute Gasteiger partial charge is 0.484 e. The summed E-state index contributed by atoms with van der Waals surface area (Å²) in [5.41, 5.74) is 0.919. The fraction of sp³-hybridized carbons (Fsp3) is 0.364. The molecule has 0 atom stereocenters. The summed E-state index contributed by atoms with van der Waals surface area (Å²) < 4.78 is 12.2. The van der Waals surface area contributed by atoms with Crippen LogP contribution < -0.4 is 9.64 Å². The maximum atomic E-state index is 13.0. The summed E-state index contributed by atoms with van der Waals surface area (Å²) in [4.78, 5) is 21.9. The lowest BCUT2D eigenvalue weighted by atomic mass is 10.3. The van der Waals surface area contributed by atoms with Gasteiger partial charge in [-0.05, 0) is 30.7 Å². The summed E-state index contributed by atoms with van der Waals surface area (Å²) in [6.07, 6.45) is 0.882. The van der Waals surface area contributed by atoms with E-state index < -0.39 is 0 Å². The molecule has 1 aliphatic heterocycles. The Bertz CT molecular complexity index is 899. The molecule has 160 valence electrons. The van der Waals surface area contributed by atoms with Crippen molar-refractivity contribution in [2.75, 3.05) is 50.9 Å². The van der Waals surface area contributed by atoms with Crippen LogP contribution >= 0.6 is 23.7 Å². The van der Waals surface area contributed by atoms with Crippen LogP contribution in [0.2, 0.25) is 0 Å². The van der Waals surface area contributed by atoms with E-state index in [9.17, 15) is 4.79 Å². The third-order valence-corrected chi connectivity index (χ3v) is 5.94. The average Bonchev–Trinajstić information content (AvgIpc) is 3.20. The number of carbonyl (C=O) groups excluding carboxylic acids is 1. The molecule has 0 bridgehead atoms. The summed E-state index contributed by atoms with van der Waals surface area (Å²) in [5.74, 6) is 0.619. The second-order valence-corrected chi connectivity index (χ2v) is 7.93. The van der Waals surface area contributed by atoms with Gasteiger partial charge in [-0.2, -0.15) is 0 Å². The molecule has 2 aromatic carbocycles. The predicted molar refractivity (Wildman–Crippen MR) is 123 cm³/mol. The lowest BCUT2D eigenvalue weighted by Gasteiger charge is -2.27. The van der Waals surface area contributed by atoms with Crippen LogP contribution in [0.15, 0.2) is 54.6 Å². The normalized spacial score (nSPS) is 14.3. The minimum atomic E-state index is -0.0742. The molecule has 1 fully saturated rings. The number of nitrogens with zero attached hydrogens (tertiary/aromatic N) is 3. The maximum absolute atomic E-state index is 13.0. The van der Waals surface area contributed by atoms with Gasteiger partial charge in [0.1, 0.15) is 5.75 Å². The van der Waals surface area contributed by atoms with Gasteiger partial charge in [0.25, 0.3) is 5.91 Å². The summed E-state index contributed by atoms with van der Waals surface area (Å²) in [6, 6.07) is 17.4. The molecular weight excluding hydrogens is 422 g/mol. The third-order valence-electron chi connectivity index (χ3n) is 4.88. The number of hydrogen-bond acceptors (Lipinski definition) is 6. The molecule has 0 N–H and O–H groups in total. The number of thiazole rings is 1. The molecule has 0 spiro atoms. The van der Waals surface area contributed by atoms with Crippen molar-refractivity contribution < 1.29 is 14.3 Å². The van der Waals surface area contributed by atoms with Gasteiger partial charge in [0.2, 0.25) is 0 Å². The van der Waals surface area contributed by atoms with Gasteiger partial charge >= 0.3 is 0 Å². The van der Waals surface area contributed by atoms with Crippen LogP contribution in [0.25, 0.3) is 10.2 Å². The van der Waals surface area contributed by atoms with Crippen molar-refractivity contribution in [1.82, 2.24) is 9.88 Å². The summed E-state index contributed by atoms with van der Waals surface area (Å²) in [6.45, 7) is 5.03. The van der Waals surface area contributed by atoms with Gasteiger partial charge < -0.3 is 9.47 Å². The number of morpholine rings is 1. The van der Waals surface area contributed by atoms with E-state index in [1.165, 1.54) is 0 Å². The minimum Gasteiger partial charge on any atom is -0.484 e. The first-order chi connectivity index (χ1) is 14.3. The number of rotatable bonds is 8. The molecule has 1 aromatic heterocycles. The fourth-order valence-corrected chi connectivity index (χ4v) is 4.33. The van der Waals surface area contributed by atoms with E-state index >= 15 is 0 Å². The monoisotopic (exact) mass is 447 g/mol. The molecular formula is C22H26ClN3O3S. The van der Waals surface area contributed by atoms with E-state index in [1.807, 2.05) is 54.6 Å². The maximum Gasteiger partial charge on any atom is 0.266 e. The molecule has 0 aliphatic carbocycles. The lowest BCUT2D eigenvalue weighted by Crippen LogP contribution is -2.40. The van der Waals surface area contributed by atoms with Crippen LogP contribution in [-0.2, 0) is 9.53 Å². The van der Waals surface area contributed by atoms with Crippen molar-refractivity contribution in [3.05, 3.63) is 54.6 Å². The number of halogens is 1. The topological polar surface area (TPSA) is 54.9 Å². The van der Waals surface area contributed by atoms with Crippen molar-refractivity contribution >= 4 is 45.0 Å². The van der Waals surface area contributed by atoms with Crippen molar-refractivity contribution in [2.24, 2.45) is 0 Å². The van der Waals surface area contributed by atoms with Crippen molar-refractivity contribution in [3.8, 4) is 5.75 Å². The molecule has 30 heavy (non-hydrogen) atoms. The Morgan fingerprint density at radius 2 is 1.83 bits per heavy atom. The Balaban J connectivity index is 0.00000256. The molecule has 1 saturated heterocycles. The molecule has 2 heterocycles. The number of fused-ring (bicyclic) bond motifs is 1. The van der Waals surface area contributed by atoms with Gasteiger partial charge in [-0.25, -0.2) is 4.98 Å². The first kappa shape index (κ1) is 22.5. The number of benzene rings is 2. The lowest BCUT2D eigenvalue weighted by molar-refractivity contribution is -0.120. The van der Waals surface area contributed by atoms with Gasteiger partial charge in [0.05, 0.1) is 23.4 Å². The van der Waals surface area contributed by atoms with Gasteiger partial charge in [-0.15, -0.1) is 12.4 Å². The minimum absolute atomic E-state index is 0. The second kappa shape index (κ2) is 11.3. The first-order valence-electron chi connectivity index (χ1n) is 9.93. The molecule has 1 aliphatic rings. The highest BCUT2D eigenvalue weighted by Crippen LogP contribution is 2.29. The van der Waals surface area contributed by atoms with Crippen molar-refractivity contribution in [2.45, 2.75) is 6.42 Å². The Morgan fingerprint density at radius 1 is 1.10 bits per heavy atom. The third kappa shape index (κ3) is 5.92. The summed E-state index contributed by atoms with van der Waals surface area (Å²) in [7, 11) is 0. The zero-order valence-electron chi connectivity index (χ0n) is 16.7. The van der Waals surface area contributed by atoms with Crippen LogP contribution in [0.5, 0.6) is 5.75 Å².